The van der Waals surface area contributed by atoms with Crippen LogP contribution in [0.15, 0.2) is 0 Å². The van der Waals surface area contributed by atoms with Crippen LogP contribution < -0.4 is 5.73 Å². The Morgan fingerprint density at radius 3 is 2.56 bits per heavy atom. The lowest BCUT2D eigenvalue weighted by molar-refractivity contribution is -0.142. The third-order valence-electron chi connectivity index (χ3n) is 3.16. The van der Waals surface area contributed by atoms with Crippen molar-refractivity contribution in [3.8, 4) is 0 Å². The van der Waals surface area contributed by atoms with Crippen LogP contribution in [0.2, 0.25) is 0 Å². The molecule has 0 aromatic rings. The summed E-state index contributed by atoms with van der Waals surface area (Å²) in [5, 5.41) is 8.96. The highest BCUT2D eigenvalue weighted by Crippen LogP contribution is 2.23. The number of carboxylic acid groups (broad SMARTS) is 1. The van der Waals surface area contributed by atoms with Gasteiger partial charge in [0.1, 0.15) is 0 Å². The molecule has 0 bridgehead atoms. The molecule has 0 spiro atoms. The van der Waals surface area contributed by atoms with Gasteiger partial charge in [-0.25, -0.2) is 0 Å². The molecule has 0 aromatic heterocycles. The zero-order valence-electron chi connectivity index (χ0n) is 9.85. The maximum absolute atomic E-state index is 11.9. The van der Waals surface area contributed by atoms with Gasteiger partial charge in [0, 0.05) is 13.1 Å². The molecule has 1 saturated heterocycles. The highest BCUT2D eigenvalue weighted by Gasteiger charge is 2.37. The SMILES string of the molecule is CCCC(N)C(=O)N1C[C@@H](C)[C@H](C(=O)O)C1. The van der Waals surface area contributed by atoms with E-state index in [4.69, 9.17) is 10.8 Å². The molecule has 92 valence electrons. The summed E-state index contributed by atoms with van der Waals surface area (Å²) >= 11 is 0. The van der Waals surface area contributed by atoms with Gasteiger partial charge in [0.2, 0.25) is 5.91 Å². The summed E-state index contributed by atoms with van der Waals surface area (Å²) in [5.74, 6) is -1.38. The van der Waals surface area contributed by atoms with Crippen molar-refractivity contribution in [3.05, 3.63) is 0 Å². The topological polar surface area (TPSA) is 83.6 Å². The minimum absolute atomic E-state index is 0.00952. The first-order valence-corrected chi connectivity index (χ1v) is 5.74. The van der Waals surface area contributed by atoms with Crippen LogP contribution in [0.25, 0.3) is 0 Å². The highest BCUT2D eigenvalue weighted by atomic mass is 16.4. The van der Waals surface area contributed by atoms with Crippen molar-refractivity contribution in [2.45, 2.75) is 32.7 Å². The molecular formula is C11H20N2O3. The largest absolute Gasteiger partial charge is 0.481 e. The summed E-state index contributed by atoms with van der Waals surface area (Å²) in [6, 6.07) is -0.482. The fourth-order valence-electron chi connectivity index (χ4n) is 2.14. The molecule has 0 aliphatic carbocycles. The molecule has 1 fully saturated rings. The lowest BCUT2D eigenvalue weighted by Gasteiger charge is -2.20. The molecule has 3 atom stereocenters. The Morgan fingerprint density at radius 2 is 2.12 bits per heavy atom. The van der Waals surface area contributed by atoms with Crippen molar-refractivity contribution in [1.29, 1.82) is 0 Å². The number of carbonyl (C=O) groups is 2. The normalized spacial score (nSPS) is 26.8. The van der Waals surface area contributed by atoms with Gasteiger partial charge in [-0.2, -0.15) is 0 Å². The smallest absolute Gasteiger partial charge is 0.308 e. The zero-order valence-corrected chi connectivity index (χ0v) is 9.85. The van der Waals surface area contributed by atoms with E-state index >= 15 is 0 Å². The quantitative estimate of drug-likeness (QED) is 0.724. The lowest BCUT2D eigenvalue weighted by atomic mass is 9.99. The molecule has 0 radical (unpaired) electrons. The number of rotatable bonds is 4. The third-order valence-corrected chi connectivity index (χ3v) is 3.16. The van der Waals surface area contributed by atoms with Crippen LogP contribution in [0.1, 0.15) is 26.7 Å². The molecule has 0 aromatic carbocycles. The van der Waals surface area contributed by atoms with Crippen LogP contribution in [-0.2, 0) is 9.59 Å². The molecule has 1 heterocycles. The Kier molecular flexibility index (Phi) is 4.29. The van der Waals surface area contributed by atoms with Gasteiger partial charge in [0.25, 0.3) is 0 Å². The summed E-state index contributed by atoms with van der Waals surface area (Å²) in [4.78, 5) is 24.4. The molecule has 1 rings (SSSR count). The van der Waals surface area contributed by atoms with Gasteiger partial charge in [-0.15, -0.1) is 0 Å². The van der Waals surface area contributed by atoms with E-state index in [1.54, 1.807) is 4.90 Å². The number of carboxylic acids is 1. The highest BCUT2D eigenvalue weighted by molar-refractivity contribution is 5.83. The Balaban J connectivity index is 2.58. The molecule has 1 amide bonds. The number of carbonyl (C=O) groups excluding carboxylic acids is 1. The van der Waals surface area contributed by atoms with Crippen molar-refractivity contribution >= 4 is 11.9 Å². The number of likely N-dealkylation sites (tertiary alicyclic amines) is 1. The Hall–Kier alpha value is -1.10. The first-order valence-electron chi connectivity index (χ1n) is 5.74. The average Bonchev–Trinajstić information content (AvgIpc) is 2.59. The van der Waals surface area contributed by atoms with Crippen molar-refractivity contribution in [3.63, 3.8) is 0 Å². The van der Waals surface area contributed by atoms with Gasteiger partial charge in [0.15, 0.2) is 0 Å². The van der Waals surface area contributed by atoms with Gasteiger partial charge in [-0.1, -0.05) is 20.3 Å². The number of hydrogen-bond acceptors (Lipinski definition) is 3. The van der Waals surface area contributed by atoms with Crippen LogP contribution in [0.5, 0.6) is 0 Å². The van der Waals surface area contributed by atoms with Crippen LogP contribution in [0.3, 0.4) is 0 Å². The van der Waals surface area contributed by atoms with Gasteiger partial charge in [-0.05, 0) is 12.3 Å². The Labute approximate surface area is 95.6 Å². The van der Waals surface area contributed by atoms with Crippen molar-refractivity contribution < 1.29 is 14.7 Å². The zero-order chi connectivity index (χ0) is 12.3. The van der Waals surface area contributed by atoms with Gasteiger partial charge in [-0.3, -0.25) is 9.59 Å². The number of nitrogens with zero attached hydrogens (tertiary/aromatic N) is 1. The summed E-state index contributed by atoms with van der Waals surface area (Å²) in [6.45, 7) is 4.64. The van der Waals surface area contributed by atoms with E-state index in [2.05, 4.69) is 0 Å². The predicted octanol–water partition coefficient (Wildman–Crippen LogP) is 0.293. The summed E-state index contributed by atoms with van der Waals surface area (Å²) < 4.78 is 0. The van der Waals surface area contributed by atoms with Crippen LogP contribution in [0, 0.1) is 11.8 Å². The molecule has 5 nitrogen and oxygen atoms in total. The average molecular weight is 228 g/mol. The number of aliphatic carboxylic acids is 1. The predicted molar refractivity (Wildman–Crippen MR) is 59.8 cm³/mol. The summed E-state index contributed by atoms with van der Waals surface area (Å²) in [5.41, 5.74) is 5.74. The number of amides is 1. The third kappa shape index (κ3) is 2.72. The van der Waals surface area contributed by atoms with E-state index < -0.39 is 17.9 Å². The van der Waals surface area contributed by atoms with Crippen molar-refractivity contribution in [2.24, 2.45) is 17.6 Å². The standard InChI is InChI=1S/C11H20N2O3/c1-3-4-9(12)10(14)13-5-7(2)8(6-13)11(15)16/h7-9H,3-6,12H2,1-2H3,(H,15,16)/t7-,8-,9?/m1/s1. The Bertz CT molecular complexity index is 280. The summed E-state index contributed by atoms with van der Waals surface area (Å²) in [7, 11) is 0. The van der Waals surface area contributed by atoms with E-state index in [-0.39, 0.29) is 11.8 Å². The van der Waals surface area contributed by atoms with Gasteiger partial charge < -0.3 is 15.7 Å². The van der Waals surface area contributed by atoms with Crippen molar-refractivity contribution in [2.75, 3.05) is 13.1 Å². The molecule has 1 unspecified atom stereocenters. The fraction of sp³-hybridized carbons (Fsp3) is 0.818. The van der Waals surface area contributed by atoms with E-state index in [9.17, 15) is 9.59 Å². The first-order chi connectivity index (χ1) is 7.47. The first kappa shape index (κ1) is 13.0. The summed E-state index contributed by atoms with van der Waals surface area (Å²) in [6.07, 6.45) is 1.51. The fourth-order valence-corrected chi connectivity index (χ4v) is 2.14. The lowest BCUT2D eigenvalue weighted by Crippen LogP contribution is -2.42. The van der Waals surface area contributed by atoms with E-state index in [0.717, 1.165) is 6.42 Å². The number of hydrogen-bond donors (Lipinski definition) is 2. The van der Waals surface area contributed by atoms with E-state index in [0.29, 0.717) is 19.5 Å². The molecule has 0 saturated carbocycles. The second-order valence-corrected chi connectivity index (χ2v) is 4.56. The molecule has 1 aliphatic heterocycles. The minimum atomic E-state index is -0.827. The van der Waals surface area contributed by atoms with Gasteiger partial charge >= 0.3 is 5.97 Å². The van der Waals surface area contributed by atoms with Crippen LogP contribution >= 0.6 is 0 Å². The van der Waals surface area contributed by atoms with Crippen LogP contribution in [-0.4, -0.2) is 41.0 Å². The minimum Gasteiger partial charge on any atom is -0.481 e. The second kappa shape index (κ2) is 5.30. The molecule has 5 heteroatoms. The number of nitrogens with two attached hydrogens (primary N) is 1. The molecule has 3 N–H and O–H groups in total. The van der Waals surface area contributed by atoms with Gasteiger partial charge in [0.05, 0.1) is 12.0 Å². The van der Waals surface area contributed by atoms with E-state index in [1.165, 1.54) is 0 Å². The molecular weight excluding hydrogens is 208 g/mol. The molecule has 16 heavy (non-hydrogen) atoms. The van der Waals surface area contributed by atoms with E-state index in [1.807, 2.05) is 13.8 Å². The maximum atomic E-state index is 11.9. The molecule has 1 aliphatic rings. The second-order valence-electron chi connectivity index (χ2n) is 4.56. The maximum Gasteiger partial charge on any atom is 0.308 e. The monoisotopic (exact) mass is 228 g/mol. The van der Waals surface area contributed by atoms with Crippen LogP contribution in [0.4, 0.5) is 0 Å². The van der Waals surface area contributed by atoms with Crippen molar-refractivity contribution in [1.82, 2.24) is 4.90 Å². The Morgan fingerprint density at radius 1 is 1.50 bits per heavy atom.